The molecule has 6 nitrogen and oxygen atoms in total. The number of aromatic nitrogens is 2. The fourth-order valence-electron chi connectivity index (χ4n) is 2.36. The number of nitrogens with zero attached hydrogens (tertiary/aromatic N) is 2. The number of anilines is 1. The normalized spacial score (nSPS) is 17.5. The third kappa shape index (κ3) is 2.90. The number of fused-ring (bicyclic) bond motifs is 1. The van der Waals surface area contributed by atoms with Crippen LogP contribution < -0.4 is 15.4 Å². The van der Waals surface area contributed by atoms with Crippen molar-refractivity contribution in [3.63, 3.8) is 0 Å². The lowest BCUT2D eigenvalue weighted by atomic mass is 10.1. The van der Waals surface area contributed by atoms with E-state index in [0.717, 1.165) is 17.9 Å². The molecule has 1 unspecified atom stereocenters. The quantitative estimate of drug-likeness (QED) is 0.898. The van der Waals surface area contributed by atoms with E-state index in [0.29, 0.717) is 19.0 Å². The largest absolute Gasteiger partial charge is 0.492 e. The first kappa shape index (κ1) is 13.6. The standard InChI is InChI=1S/C15H18N4O2/c1-2-19-9-7-13(18-19)17-15(20)14-11-5-3-4-6-12(11)21-10-8-16-14/h3-7,9,14,16H,2,8,10H2,1H3,(H,17,18,20). The van der Waals surface area contributed by atoms with Crippen molar-refractivity contribution in [1.29, 1.82) is 0 Å². The number of ether oxygens (including phenoxy) is 1. The van der Waals surface area contributed by atoms with E-state index >= 15 is 0 Å². The SMILES string of the molecule is CCn1ccc(NC(=O)C2NCCOc3ccccc32)n1. The van der Waals surface area contributed by atoms with Gasteiger partial charge in [0.2, 0.25) is 5.91 Å². The zero-order valence-corrected chi connectivity index (χ0v) is 11.9. The fraction of sp³-hybridized carbons (Fsp3) is 0.333. The molecule has 0 radical (unpaired) electrons. The highest BCUT2D eigenvalue weighted by molar-refractivity contribution is 5.95. The average molecular weight is 286 g/mol. The number of aryl methyl sites for hydroxylation is 1. The molecule has 2 aromatic rings. The van der Waals surface area contributed by atoms with E-state index in [1.165, 1.54) is 0 Å². The molecule has 1 aliphatic rings. The molecule has 110 valence electrons. The summed E-state index contributed by atoms with van der Waals surface area (Å²) in [5, 5.41) is 10.3. The van der Waals surface area contributed by atoms with Crippen molar-refractivity contribution < 1.29 is 9.53 Å². The summed E-state index contributed by atoms with van der Waals surface area (Å²) in [6, 6.07) is 8.95. The van der Waals surface area contributed by atoms with Gasteiger partial charge in [-0.05, 0) is 13.0 Å². The first-order valence-corrected chi connectivity index (χ1v) is 7.07. The third-order valence-corrected chi connectivity index (χ3v) is 3.42. The minimum absolute atomic E-state index is 0.130. The molecule has 0 bridgehead atoms. The lowest BCUT2D eigenvalue weighted by Crippen LogP contribution is -2.33. The molecule has 2 N–H and O–H groups in total. The number of nitrogens with one attached hydrogen (secondary N) is 2. The molecule has 2 heterocycles. The van der Waals surface area contributed by atoms with Gasteiger partial charge >= 0.3 is 0 Å². The van der Waals surface area contributed by atoms with Gasteiger partial charge in [-0.2, -0.15) is 5.10 Å². The molecule has 1 atom stereocenters. The second-order valence-corrected chi connectivity index (χ2v) is 4.82. The smallest absolute Gasteiger partial charge is 0.247 e. The predicted molar refractivity (Wildman–Crippen MR) is 79.2 cm³/mol. The Morgan fingerprint density at radius 2 is 2.33 bits per heavy atom. The van der Waals surface area contributed by atoms with E-state index in [1.54, 1.807) is 10.7 Å². The Balaban J connectivity index is 1.80. The van der Waals surface area contributed by atoms with Gasteiger partial charge in [0.25, 0.3) is 0 Å². The van der Waals surface area contributed by atoms with Crippen LogP contribution in [-0.2, 0) is 11.3 Å². The third-order valence-electron chi connectivity index (χ3n) is 3.42. The Hall–Kier alpha value is -2.34. The summed E-state index contributed by atoms with van der Waals surface area (Å²) in [6.07, 6.45) is 1.84. The van der Waals surface area contributed by atoms with Gasteiger partial charge in [0.15, 0.2) is 5.82 Å². The van der Waals surface area contributed by atoms with E-state index < -0.39 is 6.04 Å². The Labute approximate surface area is 123 Å². The summed E-state index contributed by atoms with van der Waals surface area (Å²) < 4.78 is 7.41. The first-order valence-electron chi connectivity index (χ1n) is 7.07. The van der Waals surface area contributed by atoms with Crippen LogP contribution in [0.25, 0.3) is 0 Å². The first-order chi connectivity index (χ1) is 10.3. The minimum atomic E-state index is -0.435. The molecular formula is C15H18N4O2. The van der Waals surface area contributed by atoms with Gasteiger partial charge < -0.3 is 10.1 Å². The van der Waals surface area contributed by atoms with Gasteiger partial charge in [-0.15, -0.1) is 0 Å². The lowest BCUT2D eigenvalue weighted by molar-refractivity contribution is -0.118. The molecule has 6 heteroatoms. The van der Waals surface area contributed by atoms with Crippen LogP contribution in [0.15, 0.2) is 36.5 Å². The summed E-state index contributed by atoms with van der Waals surface area (Å²) in [6.45, 7) is 3.94. The molecule has 1 aromatic carbocycles. The van der Waals surface area contributed by atoms with Gasteiger partial charge in [-0.1, -0.05) is 18.2 Å². The molecule has 0 aliphatic carbocycles. The summed E-state index contributed by atoms with van der Waals surface area (Å²) in [4.78, 5) is 12.5. The highest BCUT2D eigenvalue weighted by atomic mass is 16.5. The summed E-state index contributed by atoms with van der Waals surface area (Å²) >= 11 is 0. The van der Waals surface area contributed by atoms with E-state index in [4.69, 9.17) is 4.74 Å². The molecule has 0 spiro atoms. The lowest BCUT2D eigenvalue weighted by Gasteiger charge is -2.16. The average Bonchev–Trinajstić information content (AvgIpc) is 2.84. The van der Waals surface area contributed by atoms with Crippen LogP contribution in [-0.4, -0.2) is 28.8 Å². The van der Waals surface area contributed by atoms with E-state index in [-0.39, 0.29) is 5.91 Å². The number of hydrogen-bond donors (Lipinski definition) is 2. The Kier molecular flexibility index (Phi) is 3.87. The van der Waals surface area contributed by atoms with Crippen LogP contribution >= 0.6 is 0 Å². The molecule has 1 amide bonds. The number of amides is 1. The van der Waals surface area contributed by atoms with Crippen molar-refractivity contribution in [3.05, 3.63) is 42.1 Å². The Bertz CT molecular complexity index is 638. The second kappa shape index (κ2) is 5.97. The van der Waals surface area contributed by atoms with Gasteiger partial charge in [-0.3, -0.25) is 14.8 Å². The predicted octanol–water partition coefficient (Wildman–Crippen LogP) is 1.56. The van der Waals surface area contributed by atoms with Gasteiger partial charge in [0.1, 0.15) is 18.4 Å². The summed E-state index contributed by atoms with van der Waals surface area (Å²) in [5.41, 5.74) is 0.849. The number of para-hydroxylation sites is 1. The maximum absolute atomic E-state index is 12.5. The van der Waals surface area contributed by atoms with Crippen molar-refractivity contribution in [2.75, 3.05) is 18.5 Å². The van der Waals surface area contributed by atoms with Crippen molar-refractivity contribution in [2.24, 2.45) is 0 Å². The monoisotopic (exact) mass is 286 g/mol. The molecule has 1 aliphatic heterocycles. The van der Waals surface area contributed by atoms with Gasteiger partial charge in [0, 0.05) is 30.9 Å². The molecular weight excluding hydrogens is 268 g/mol. The van der Waals surface area contributed by atoms with Crippen molar-refractivity contribution >= 4 is 11.7 Å². The molecule has 0 saturated carbocycles. The van der Waals surface area contributed by atoms with Crippen LogP contribution in [0.5, 0.6) is 5.75 Å². The summed E-state index contributed by atoms with van der Waals surface area (Å²) in [5.74, 6) is 1.18. The van der Waals surface area contributed by atoms with Gasteiger partial charge in [0.05, 0.1) is 0 Å². The van der Waals surface area contributed by atoms with E-state index in [2.05, 4.69) is 15.7 Å². The number of rotatable bonds is 3. The van der Waals surface area contributed by atoms with Crippen molar-refractivity contribution in [2.45, 2.75) is 19.5 Å². The summed E-state index contributed by atoms with van der Waals surface area (Å²) in [7, 11) is 0. The minimum Gasteiger partial charge on any atom is -0.492 e. The van der Waals surface area contributed by atoms with E-state index in [1.807, 2.05) is 37.4 Å². The number of benzene rings is 1. The second-order valence-electron chi connectivity index (χ2n) is 4.82. The van der Waals surface area contributed by atoms with Crippen LogP contribution in [0, 0.1) is 0 Å². The zero-order chi connectivity index (χ0) is 14.7. The Morgan fingerprint density at radius 1 is 1.48 bits per heavy atom. The maximum Gasteiger partial charge on any atom is 0.247 e. The molecule has 21 heavy (non-hydrogen) atoms. The molecule has 0 fully saturated rings. The van der Waals surface area contributed by atoms with E-state index in [9.17, 15) is 4.79 Å². The number of hydrogen-bond acceptors (Lipinski definition) is 4. The molecule has 3 rings (SSSR count). The highest BCUT2D eigenvalue weighted by Gasteiger charge is 2.25. The van der Waals surface area contributed by atoms with Crippen LogP contribution in [0.1, 0.15) is 18.5 Å². The van der Waals surface area contributed by atoms with Gasteiger partial charge in [-0.25, -0.2) is 0 Å². The highest BCUT2D eigenvalue weighted by Crippen LogP contribution is 2.27. The molecule has 1 aromatic heterocycles. The fourth-order valence-corrected chi connectivity index (χ4v) is 2.36. The Morgan fingerprint density at radius 3 is 3.14 bits per heavy atom. The number of carbonyl (C=O) groups excluding carboxylic acids is 1. The van der Waals surface area contributed by atoms with Crippen LogP contribution in [0.4, 0.5) is 5.82 Å². The van der Waals surface area contributed by atoms with Crippen LogP contribution in [0.2, 0.25) is 0 Å². The topological polar surface area (TPSA) is 68.2 Å². The maximum atomic E-state index is 12.5. The van der Waals surface area contributed by atoms with Crippen LogP contribution in [0.3, 0.4) is 0 Å². The van der Waals surface area contributed by atoms with Crippen molar-refractivity contribution in [1.82, 2.24) is 15.1 Å². The number of carbonyl (C=O) groups is 1. The zero-order valence-electron chi connectivity index (χ0n) is 11.9. The molecule has 0 saturated heterocycles. The van der Waals surface area contributed by atoms with Crippen molar-refractivity contribution in [3.8, 4) is 5.75 Å².